The van der Waals surface area contributed by atoms with E-state index in [1.165, 1.54) is 40.8 Å². The number of aryl methyl sites for hydroxylation is 2. The molecule has 3 aromatic carbocycles. The Morgan fingerprint density at radius 3 is 2.31 bits per heavy atom. The van der Waals surface area contributed by atoms with Crippen LogP contribution in [0.4, 0.5) is 5.69 Å². The molecule has 132 valence electrons. The van der Waals surface area contributed by atoms with Crippen molar-refractivity contribution >= 4 is 23.6 Å². The largest absolute Gasteiger partial charge is 0.507 e. The fourth-order valence-electron chi connectivity index (χ4n) is 2.77. The predicted octanol–water partition coefficient (Wildman–Crippen LogP) is 5.49. The van der Waals surface area contributed by atoms with Gasteiger partial charge in [0.25, 0.3) is 0 Å². The third kappa shape index (κ3) is 4.18. The molecule has 5 heteroatoms. The van der Waals surface area contributed by atoms with E-state index in [9.17, 15) is 9.90 Å². The van der Waals surface area contributed by atoms with Crippen LogP contribution in [0.1, 0.15) is 21.5 Å². The first-order chi connectivity index (χ1) is 12.4. The third-order valence-electron chi connectivity index (χ3n) is 3.90. The van der Waals surface area contributed by atoms with Crippen molar-refractivity contribution < 1.29 is 15.0 Å². The van der Waals surface area contributed by atoms with Gasteiger partial charge in [-0.25, -0.2) is 4.79 Å². The molecular weight excluding hydrogens is 346 g/mol. The van der Waals surface area contributed by atoms with Crippen LogP contribution < -0.4 is 4.72 Å². The smallest absolute Gasteiger partial charge is 0.339 e. The van der Waals surface area contributed by atoms with Crippen molar-refractivity contribution in [2.75, 3.05) is 4.72 Å². The molecule has 0 aliphatic rings. The number of carboxylic acids is 1. The summed E-state index contributed by atoms with van der Waals surface area (Å²) in [6, 6.07) is 19.1. The van der Waals surface area contributed by atoms with Crippen molar-refractivity contribution in [3.63, 3.8) is 0 Å². The van der Waals surface area contributed by atoms with Crippen LogP contribution in [0.3, 0.4) is 0 Å². The van der Waals surface area contributed by atoms with E-state index in [1.807, 2.05) is 12.1 Å². The predicted molar refractivity (Wildman–Crippen MR) is 106 cm³/mol. The Morgan fingerprint density at radius 2 is 1.65 bits per heavy atom. The average molecular weight is 365 g/mol. The summed E-state index contributed by atoms with van der Waals surface area (Å²) in [4.78, 5) is 12.0. The van der Waals surface area contributed by atoms with Crippen molar-refractivity contribution in [3.05, 3.63) is 77.4 Å². The summed E-state index contributed by atoms with van der Waals surface area (Å²) in [5.74, 6) is -1.41. The van der Waals surface area contributed by atoms with Gasteiger partial charge in [0.2, 0.25) is 0 Å². The first-order valence-corrected chi connectivity index (χ1v) is 8.92. The fraction of sp³-hybridized carbons (Fsp3) is 0.0952. The van der Waals surface area contributed by atoms with Gasteiger partial charge in [-0.15, -0.1) is 0 Å². The summed E-state index contributed by atoms with van der Waals surface area (Å²) in [6.07, 6.45) is 0. The molecule has 0 bridgehead atoms. The number of nitrogens with one attached hydrogen (secondary N) is 1. The van der Waals surface area contributed by atoms with Gasteiger partial charge in [0, 0.05) is 16.6 Å². The molecule has 4 nitrogen and oxygen atoms in total. The molecule has 0 amide bonds. The maximum Gasteiger partial charge on any atom is 0.339 e. The topological polar surface area (TPSA) is 69.6 Å². The molecule has 0 fully saturated rings. The van der Waals surface area contributed by atoms with Crippen LogP contribution in [0.5, 0.6) is 5.75 Å². The second-order valence-corrected chi connectivity index (χ2v) is 7.03. The minimum Gasteiger partial charge on any atom is -0.507 e. The summed E-state index contributed by atoms with van der Waals surface area (Å²) in [6.45, 7) is 4.17. The summed E-state index contributed by atoms with van der Waals surface area (Å²) in [5.41, 5.74) is 5.28. The number of carbonyl (C=O) groups is 1. The first kappa shape index (κ1) is 17.9. The van der Waals surface area contributed by atoms with Crippen LogP contribution >= 0.6 is 11.9 Å². The van der Waals surface area contributed by atoms with Crippen LogP contribution in [-0.4, -0.2) is 16.2 Å². The third-order valence-corrected chi connectivity index (χ3v) is 4.73. The van der Waals surface area contributed by atoms with Crippen LogP contribution in [0.25, 0.3) is 11.1 Å². The maximum atomic E-state index is 10.9. The van der Waals surface area contributed by atoms with Gasteiger partial charge in [0.1, 0.15) is 11.3 Å². The second-order valence-electron chi connectivity index (χ2n) is 6.15. The van der Waals surface area contributed by atoms with Gasteiger partial charge in [-0.3, -0.25) is 0 Å². The van der Waals surface area contributed by atoms with Crippen molar-refractivity contribution in [1.29, 1.82) is 0 Å². The van der Waals surface area contributed by atoms with Crippen LogP contribution in [0, 0.1) is 13.8 Å². The SMILES string of the molecule is Cc1cc(C)cc(-c2cccc(SNc3ccc(C(=O)O)c(O)c3)c2)c1. The maximum absolute atomic E-state index is 10.9. The molecule has 0 saturated carbocycles. The summed E-state index contributed by atoms with van der Waals surface area (Å²) >= 11 is 1.41. The lowest BCUT2D eigenvalue weighted by Crippen LogP contribution is -1.97. The number of benzene rings is 3. The van der Waals surface area contributed by atoms with Crippen LogP contribution in [0.15, 0.2) is 65.6 Å². The van der Waals surface area contributed by atoms with E-state index in [2.05, 4.69) is 48.9 Å². The van der Waals surface area contributed by atoms with E-state index in [0.717, 1.165) is 10.5 Å². The number of phenols is 1. The monoisotopic (exact) mass is 365 g/mol. The highest BCUT2D eigenvalue weighted by Crippen LogP contribution is 2.29. The quantitative estimate of drug-likeness (QED) is 0.521. The molecule has 26 heavy (non-hydrogen) atoms. The number of hydrogen-bond acceptors (Lipinski definition) is 4. The van der Waals surface area contributed by atoms with Crippen LogP contribution in [-0.2, 0) is 0 Å². The molecular formula is C21H19NO3S. The number of anilines is 1. The first-order valence-electron chi connectivity index (χ1n) is 8.10. The highest BCUT2D eigenvalue weighted by atomic mass is 32.2. The van der Waals surface area contributed by atoms with E-state index in [-0.39, 0.29) is 11.3 Å². The van der Waals surface area contributed by atoms with Gasteiger partial charge in [0.05, 0.1) is 0 Å². The van der Waals surface area contributed by atoms with Gasteiger partial charge in [-0.05, 0) is 61.2 Å². The van der Waals surface area contributed by atoms with Crippen molar-refractivity contribution in [3.8, 4) is 16.9 Å². The molecule has 0 heterocycles. The lowest BCUT2D eigenvalue weighted by Gasteiger charge is -2.10. The fourth-order valence-corrected chi connectivity index (χ4v) is 3.47. The number of hydrogen-bond donors (Lipinski definition) is 3. The highest BCUT2D eigenvalue weighted by molar-refractivity contribution is 8.00. The van der Waals surface area contributed by atoms with Gasteiger partial charge in [-0.1, -0.05) is 41.5 Å². The molecule has 0 atom stereocenters. The zero-order valence-electron chi connectivity index (χ0n) is 14.5. The zero-order valence-corrected chi connectivity index (χ0v) is 15.3. The molecule has 0 spiro atoms. The Labute approximate surface area is 156 Å². The molecule has 3 rings (SSSR count). The number of aromatic carboxylic acids is 1. The number of carboxylic acid groups (broad SMARTS) is 1. The summed E-state index contributed by atoms with van der Waals surface area (Å²) < 4.78 is 3.13. The highest BCUT2D eigenvalue weighted by Gasteiger charge is 2.09. The summed E-state index contributed by atoms with van der Waals surface area (Å²) in [5, 5.41) is 18.7. The Kier molecular flexibility index (Phi) is 5.19. The summed E-state index contributed by atoms with van der Waals surface area (Å²) in [7, 11) is 0. The zero-order chi connectivity index (χ0) is 18.7. The molecule has 0 saturated heterocycles. The van der Waals surface area contributed by atoms with Crippen molar-refractivity contribution in [2.45, 2.75) is 18.7 Å². The Hall–Kier alpha value is -2.92. The lowest BCUT2D eigenvalue weighted by molar-refractivity contribution is 0.0694. The Balaban J connectivity index is 1.77. The van der Waals surface area contributed by atoms with E-state index in [4.69, 9.17) is 5.11 Å². The Morgan fingerprint density at radius 1 is 0.923 bits per heavy atom. The number of aromatic hydroxyl groups is 1. The number of rotatable bonds is 5. The van der Waals surface area contributed by atoms with Crippen LogP contribution in [0.2, 0.25) is 0 Å². The van der Waals surface area contributed by atoms with Gasteiger partial charge >= 0.3 is 5.97 Å². The standard InChI is InChI=1S/C21H19NO3S/c1-13-8-14(2)10-16(9-13)15-4-3-5-18(11-15)26-22-17-6-7-19(21(24)25)20(23)12-17/h3-12,22-23H,1-2H3,(H,24,25). The normalized spacial score (nSPS) is 10.5. The van der Waals surface area contributed by atoms with Crippen molar-refractivity contribution in [2.24, 2.45) is 0 Å². The van der Waals surface area contributed by atoms with E-state index in [0.29, 0.717) is 5.69 Å². The molecule has 0 aliphatic heterocycles. The van der Waals surface area contributed by atoms with Gasteiger partial charge in [-0.2, -0.15) is 0 Å². The second kappa shape index (κ2) is 7.54. The molecule has 0 aromatic heterocycles. The molecule has 0 aliphatic carbocycles. The molecule has 0 unspecified atom stereocenters. The van der Waals surface area contributed by atoms with Gasteiger partial charge in [0.15, 0.2) is 0 Å². The van der Waals surface area contributed by atoms with E-state index >= 15 is 0 Å². The van der Waals surface area contributed by atoms with E-state index < -0.39 is 5.97 Å². The lowest BCUT2D eigenvalue weighted by atomic mass is 10.0. The minimum absolute atomic E-state index is 0.114. The minimum atomic E-state index is -1.15. The molecule has 3 N–H and O–H groups in total. The molecule has 3 aromatic rings. The van der Waals surface area contributed by atoms with E-state index in [1.54, 1.807) is 6.07 Å². The van der Waals surface area contributed by atoms with Gasteiger partial charge < -0.3 is 14.9 Å². The van der Waals surface area contributed by atoms with Crippen molar-refractivity contribution in [1.82, 2.24) is 0 Å². The average Bonchev–Trinajstić information content (AvgIpc) is 2.59. The molecule has 0 radical (unpaired) electrons. The Bertz CT molecular complexity index is 949.